The fraction of sp³-hybridized carbons (Fsp3) is 0.263. The van der Waals surface area contributed by atoms with Crippen molar-refractivity contribution in [3.05, 3.63) is 53.1 Å². The van der Waals surface area contributed by atoms with E-state index >= 15 is 0 Å². The third-order valence-corrected chi connectivity index (χ3v) is 3.80. The van der Waals surface area contributed by atoms with Crippen molar-refractivity contribution in [2.75, 3.05) is 25.7 Å². The predicted molar refractivity (Wildman–Crippen MR) is 94.8 cm³/mol. The molecular weight excluding hydrogens is 322 g/mol. The number of methoxy groups -OCH3 is 1. The lowest BCUT2D eigenvalue weighted by Gasteiger charge is -2.21. The van der Waals surface area contributed by atoms with Crippen LogP contribution in [0.15, 0.2) is 36.4 Å². The molecule has 0 fully saturated rings. The largest absolute Gasteiger partial charge is 0.495 e. The van der Waals surface area contributed by atoms with Gasteiger partial charge in [-0.15, -0.1) is 0 Å². The second kappa shape index (κ2) is 7.70. The van der Waals surface area contributed by atoms with Crippen molar-refractivity contribution in [3.8, 4) is 11.5 Å². The monoisotopic (exact) mass is 343 g/mol. The number of para-hydroxylation sites is 2. The highest BCUT2D eigenvalue weighted by molar-refractivity contribution is 6.06. The molecule has 2 aromatic carbocycles. The third kappa shape index (κ3) is 4.09. The summed E-state index contributed by atoms with van der Waals surface area (Å²) in [5.41, 5.74) is 2.57. The Labute approximate surface area is 146 Å². The summed E-state index contributed by atoms with van der Waals surface area (Å²) < 4.78 is 10.6. The Morgan fingerprint density at radius 2 is 1.72 bits per heavy atom. The van der Waals surface area contributed by atoms with E-state index < -0.39 is 12.6 Å². The van der Waals surface area contributed by atoms with Gasteiger partial charge in [0.15, 0.2) is 6.61 Å². The zero-order valence-electron chi connectivity index (χ0n) is 14.7. The van der Waals surface area contributed by atoms with Gasteiger partial charge in [-0.2, -0.15) is 0 Å². The van der Waals surface area contributed by atoms with Crippen molar-refractivity contribution in [2.24, 2.45) is 0 Å². The first kappa shape index (κ1) is 18.3. The van der Waals surface area contributed by atoms with E-state index in [0.29, 0.717) is 33.9 Å². The standard InChI is InChI=1S/C19H21NO5/c1-12-9-14(10-13(2)18(12)25-11-17(21)22)19(23)20(3)15-7-5-6-8-16(15)24-4/h5-10H,11H2,1-4H3,(H,21,22). The molecule has 1 N–H and O–H groups in total. The van der Waals surface area contributed by atoms with Crippen LogP contribution >= 0.6 is 0 Å². The second-order valence-corrected chi connectivity index (χ2v) is 5.66. The Balaban J connectivity index is 2.31. The number of nitrogens with zero attached hydrogens (tertiary/aromatic N) is 1. The minimum absolute atomic E-state index is 0.194. The highest BCUT2D eigenvalue weighted by Gasteiger charge is 2.19. The molecule has 0 saturated heterocycles. The van der Waals surface area contributed by atoms with Gasteiger partial charge in [-0.05, 0) is 49.2 Å². The molecule has 2 rings (SSSR count). The fourth-order valence-electron chi connectivity index (χ4n) is 2.65. The van der Waals surface area contributed by atoms with E-state index in [1.807, 2.05) is 12.1 Å². The summed E-state index contributed by atoms with van der Waals surface area (Å²) >= 11 is 0. The number of carboxylic acids is 1. The number of anilines is 1. The molecule has 0 spiro atoms. The summed E-state index contributed by atoms with van der Waals surface area (Å²) in [6.07, 6.45) is 0. The molecule has 2 aromatic rings. The first-order valence-electron chi connectivity index (χ1n) is 7.72. The van der Waals surface area contributed by atoms with Crippen LogP contribution in [0.25, 0.3) is 0 Å². The van der Waals surface area contributed by atoms with Gasteiger partial charge >= 0.3 is 5.97 Å². The summed E-state index contributed by atoms with van der Waals surface area (Å²) in [5, 5.41) is 8.75. The maximum Gasteiger partial charge on any atom is 0.341 e. The summed E-state index contributed by atoms with van der Waals surface area (Å²) in [5.74, 6) is -0.151. The molecule has 0 aliphatic rings. The quantitative estimate of drug-likeness (QED) is 0.872. The Bertz CT molecular complexity index is 777. The van der Waals surface area contributed by atoms with Crippen LogP contribution in [0.1, 0.15) is 21.5 Å². The molecule has 1 amide bonds. The molecule has 0 unspecified atom stereocenters. The number of aryl methyl sites for hydroxylation is 2. The Morgan fingerprint density at radius 3 is 2.28 bits per heavy atom. The van der Waals surface area contributed by atoms with Gasteiger partial charge in [-0.25, -0.2) is 4.79 Å². The van der Waals surface area contributed by atoms with Gasteiger partial charge in [0.25, 0.3) is 5.91 Å². The molecule has 0 radical (unpaired) electrons. The number of amides is 1. The highest BCUT2D eigenvalue weighted by Crippen LogP contribution is 2.30. The number of carbonyl (C=O) groups is 2. The van der Waals surface area contributed by atoms with Crippen molar-refractivity contribution in [3.63, 3.8) is 0 Å². The Kier molecular flexibility index (Phi) is 5.64. The average molecular weight is 343 g/mol. The maximum absolute atomic E-state index is 12.8. The minimum Gasteiger partial charge on any atom is -0.495 e. The number of rotatable bonds is 6. The summed E-state index contributed by atoms with van der Waals surface area (Å²) in [6, 6.07) is 10.7. The van der Waals surface area contributed by atoms with E-state index in [4.69, 9.17) is 14.6 Å². The minimum atomic E-state index is -1.05. The van der Waals surface area contributed by atoms with Gasteiger partial charge in [-0.1, -0.05) is 12.1 Å². The lowest BCUT2D eigenvalue weighted by molar-refractivity contribution is -0.139. The van der Waals surface area contributed by atoms with E-state index in [9.17, 15) is 9.59 Å². The van der Waals surface area contributed by atoms with Crippen LogP contribution in [-0.2, 0) is 4.79 Å². The van der Waals surface area contributed by atoms with E-state index in [1.165, 1.54) is 4.90 Å². The molecule has 0 bridgehead atoms. The third-order valence-electron chi connectivity index (χ3n) is 3.80. The van der Waals surface area contributed by atoms with Gasteiger partial charge in [0, 0.05) is 12.6 Å². The van der Waals surface area contributed by atoms with Crippen LogP contribution in [-0.4, -0.2) is 37.7 Å². The molecule has 132 valence electrons. The van der Waals surface area contributed by atoms with E-state index in [-0.39, 0.29) is 5.91 Å². The molecule has 0 aromatic heterocycles. The van der Waals surface area contributed by atoms with Gasteiger partial charge in [0.1, 0.15) is 11.5 Å². The Morgan fingerprint density at radius 1 is 1.12 bits per heavy atom. The van der Waals surface area contributed by atoms with Crippen molar-refractivity contribution in [1.82, 2.24) is 0 Å². The predicted octanol–water partition coefficient (Wildman–Crippen LogP) is 3.05. The van der Waals surface area contributed by atoms with Gasteiger partial charge < -0.3 is 19.5 Å². The topological polar surface area (TPSA) is 76.1 Å². The number of ether oxygens (including phenoxy) is 2. The van der Waals surface area contributed by atoms with Crippen molar-refractivity contribution < 1.29 is 24.2 Å². The molecule has 0 heterocycles. The number of hydrogen-bond donors (Lipinski definition) is 1. The van der Waals surface area contributed by atoms with Crippen LogP contribution in [0, 0.1) is 13.8 Å². The Hall–Kier alpha value is -3.02. The molecule has 6 heteroatoms. The lowest BCUT2D eigenvalue weighted by atomic mass is 10.0. The smallest absolute Gasteiger partial charge is 0.341 e. The van der Waals surface area contributed by atoms with Crippen LogP contribution in [0.5, 0.6) is 11.5 Å². The SMILES string of the molecule is COc1ccccc1N(C)C(=O)c1cc(C)c(OCC(=O)O)c(C)c1. The summed E-state index contributed by atoms with van der Waals surface area (Å²) in [7, 11) is 3.24. The summed E-state index contributed by atoms with van der Waals surface area (Å²) in [4.78, 5) is 25.0. The number of benzene rings is 2. The molecule has 0 saturated carbocycles. The van der Waals surface area contributed by atoms with Crippen LogP contribution in [0.4, 0.5) is 5.69 Å². The van der Waals surface area contributed by atoms with Crippen LogP contribution in [0.3, 0.4) is 0 Å². The van der Waals surface area contributed by atoms with Crippen LogP contribution < -0.4 is 14.4 Å². The lowest BCUT2D eigenvalue weighted by Crippen LogP contribution is -2.27. The van der Waals surface area contributed by atoms with Gasteiger partial charge in [0.05, 0.1) is 12.8 Å². The number of hydrogen-bond acceptors (Lipinski definition) is 4. The second-order valence-electron chi connectivity index (χ2n) is 5.66. The van der Waals surface area contributed by atoms with E-state index in [0.717, 1.165) is 0 Å². The fourth-order valence-corrected chi connectivity index (χ4v) is 2.65. The maximum atomic E-state index is 12.8. The molecule has 25 heavy (non-hydrogen) atoms. The van der Waals surface area contributed by atoms with E-state index in [2.05, 4.69) is 0 Å². The van der Waals surface area contributed by atoms with Crippen molar-refractivity contribution >= 4 is 17.6 Å². The van der Waals surface area contributed by atoms with E-state index in [1.54, 1.807) is 52.3 Å². The van der Waals surface area contributed by atoms with Crippen molar-refractivity contribution in [2.45, 2.75) is 13.8 Å². The highest BCUT2D eigenvalue weighted by atomic mass is 16.5. The first-order chi connectivity index (χ1) is 11.8. The first-order valence-corrected chi connectivity index (χ1v) is 7.72. The summed E-state index contributed by atoms with van der Waals surface area (Å²) in [6.45, 7) is 3.14. The molecule has 0 aliphatic carbocycles. The zero-order chi connectivity index (χ0) is 18.6. The average Bonchev–Trinajstić information content (AvgIpc) is 2.59. The molecule has 6 nitrogen and oxygen atoms in total. The molecular formula is C19H21NO5. The number of aliphatic carboxylic acids is 1. The van der Waals surface area contributed by atoms with Crippen LogP contribution in [0.2, 0.25) is 0 Å². The number of carbonyl (C=O) groups excluding carboxylic acids is 1. The van der Waals surface area contributed by atoms with Gasteiger partial charge in [-0.3, -0.25) is 4.79 Å². The van der Waals surface area contributed by atoms with Gasteiger partial charge in [0.2, 0.25) is 0 Å². The number of carboxylic acid groups (broad SMARTS) is 1. The molecule has 0 aliphatic heterocycles. The zero-order valence-corrected chi connectivity index (χ0v) is 14.7. The molecule has 0 atom stereocenters. The normalized spacial score (nSPS) is 10.2. The van der Waals surface area contributed by atoms with Crippen molar-refractivity contribution in [1.29, 1.82) is 0 Å².